The van der Waals surface area contributed by atoms with E-state index >= 15 is 0 Å². The van der Waals surface area contributed by atoms with Gasteiger partial charge in [-0.15, -0.1) is 0 Å². The van der Waals surface area contributed by atoms with Crippen molar-refractivity contribution in [3.8, 4) is 0 Å². The predicted molar refractivity (Wildman–Crippen MR) is 89.9 cm³/mol. The zero-order valence-corrected chi connectivity index (χ0v) is 14.3. The second-order valence-corrected chi connectivity index (χ2v) is 6.53. The molecule has 1 aromatic heterocycles. The van der Waals surface area contributed by atoms with E-state index in [1.165, 1.54) is 19.2 Å². The van der Waals surface area contributed by atoms with Crippen LogP contribution in [0.1, 0.15) is 16.1 Å². The molecule has 1 N–H and O–H groups in total. The minimum absolute atomic E-state index is 0.0131. The van der Waals surface area contributed by atoms with Crippen LogP contribution in [0, 0.1) is 18.6 Å². The number of esters is 1. The van der Waals surface area contributed by atoms with Gasteiger partial charge in [-0.1, -0.05) is 29.4 Å². The maximum atomic E-state index is 14.6. The Bertz CT molecular complexity index is 955. The summed E-state index contributed by atoms with van der Waals surface area (Å²) in [6, 6.07) is 7.61. The van der Waals surface area contributed by atoms with E-state index in [9.17, 15) is 13.6 Å². The van der Waals surface area contributed by atoms with Crippen LogP contribution in [-0.2, 0) is 4.74 Å². The first-order valence-corrected chi connectivity index (χ1v) is 8.14. The highest BCUT2D eigenvalue weighted by molar-refractivity contribution is 7.99. The van der Waals surface area contributed by atoms with Crippen molar-refractivity contribution < 1.29 is 18.3 Å². The zero-order valence-electron chi connectivity index (χ0n) is 12.7. The Labute approximate surface area is 146 Å². The molecule has 0 saturated carbocycles. The number of carbonyl (C=O) groups is 1. The van der Waals surface area contributed by atoms with Crippen molar-refractivity contribution in [3.05, 3.63) is 58.2 Å². The molecule has 3 aromatic rings. The Hall–Kier alpha value is -2.05. The summed E-state index contributed by atoms with van der Waals surface area (Å²) in [5.41, 5.74) is 0.806. The standard InChI is InChI=1S/C17H12ClF2NO2S/c1-8-16(10-6-7-11(18)14(20)15(10)21-8)24-12-5-3-4-9(13(12)19)17(22)23-2/h3-7,21H,1-2H3. The number of H-pyrrole nitrogens is 1. The topological polar surface area (TPSA) is 42.1 Å². The van der Waals surface area contributed by atoms with Gasteiger partial charge in [-0.05, 0) is 31.2 Å². The number of halogens is 3. The van der Waals surface area contributed by atoms with Crippen LogP contribution in [0.2, 0.25) is 5.02 Å². The van der Waals surface area contributed by atoms with E-state index in [4.69, 9.17) is 11.6 Å². The van der Waals surface area contributed by atoms with E-state index < -0.39 is 17.6 Å². The number of hydrogen-bond acceptors (Lipinski definition) is 3. The fourth-order valence-corrected chi connectivity index (χ4v) is 3.61. The maximum absolute atomic E-state index is 14.6. The van der Waals surface area contributed by atoms with Crippen LogP contribution in [0.4, 0.5) is 8.78 Å². The van der Waals surface area contributed by atoms with Gasteiger partial charge >= 0.3 is 5.97 Å². The van der Waals surface area contributed by atoms with Gasteiger partial charge in [0.1, 0.15) is 0 Å². The zero-order chi connectivity index (χ0) is 17.4. The number of benzene rings is 2. The first-order chi connectivity index (χ1) is 11.4. The monoisotopic (exact) mass is 367 g/mol. The van der Waals surface area contributed by atoms with E-state index in [-0.39, 0.29) is 21.0 Å². The molecule has 0 aliphatic rings. The normalized spacial score (nSPS) is 11.0. The Morgan fingerprint density at radius 3 is 2.67 bits per heavy atom. The maximum Gasteiger partial charge on any atom is 0.340 e. The average Bonchev–Trinajstić information content (AvgIpc) is 2.89. The van der Waals surface area contributed by atoms with Gasteiger partial charge in [0, 0.05) is 20.9 Å². The molecule has 7 heteroatoms. The number of rotatable bonds is 3. The lowest BCUT2D eigenvalue weighted by atomic mass is 10.2. The SMILES string of the molecule is COC(=O)c1cccc(Sc2c(C)[nH]c3c(F)c(Cl)ccc23)c1F. The Morgan fingerprint density at radius 2 is 1.96 bits per heavy atom. The molecule has 0 amide bonds. The van der Waals surface area contributed by atoms with Crippen LogP contribution in [0.15, 0.2) is 40.1 Å². The van der Waals surface area contributed by atoms with Crippen LogP contribution in [0.25, 0.3) is 10.9 Å². The second kappa shape index (κ2) is 6.45. The minimum atomic E-state index is -0.747. The molecular formula is C17H12ClF2NO2S. The molecule has 0 aliphatic carbocycles. The van der Waals surface area contributed by atoms with Crippen LogP contribution < -0.4 is 0 Å². The molecule has 0 saturated heterocycles. The number of methoxy groups -OCH3 is 1. The van der Waals surface area contributed by atoms with Gasteiger partial charge in [0.2, 0.25) is 0 Å². The highest BCUT2D eigenvalue weighted by Gasteiger charge is 2.19. The van der Waals surface area contributed by atoms with Crippen LogP contribution in [0.3, 0.4) is 0 Å². The van der Waals surface area contributed by atoms with E-state index in [1.807, 2.05) is 0 Å². The summed E-state index contributed by atoms with van der Waals surface area (Å²) in [5, 5.41) is 0.612. The molecule has 3 rings (SSSR count). The number of aromatic amines is 1. The Morgan fingerprint density at radius 1 is 1.21 bits per heavy atom. The summed E-state index contributed by atoms with van der Waals surface area (Å²) in [5.74, 6) is -1.96. The van der Waals surface area contributed by atoms with Crippen molar-refractivity contribution in [2.24, 2.45) is 0 Å². The number of carbonyl (C=O) groups excluding carboxylic acids is 1. The fraction of sp³-hybridized carbons (Fsp3) is 0.118. The first-order valence-electron chi connectivity index (χ1n) is 6.95. The third-order valence-electron chi connectivity index (χ3n) is 3.57. The molecule has 0 radical (unpaired) electrons. The van der Waals surface area contributed by atoms with Gasteiger partial charge in [0.25, 0.3) is 0 Å². The molecule has 1 heterocycles. The number of nitrogens with one attached hydrogen (secondary N) is 1. The third-order valence-corrected chi connectivity index (χ3v) is 5.13. The number of hydrogen-bond donors (Lipinski definition) is 1. The molecular weight excluding hydrogens is 356 g/mol. The largest absolute Gasteiger partial charge is 0.465 e. The number of ether oxygens (including phenoxy) is 1. The lowest BCUT2D eigenvalue weighted by Crippen LogP contribution is -2.04. The third kappa shape index (κ3) is 2.76. The molecule has 0 bridgehead atoms. The van der Waals surface area contributed by atoms with E-state index in [0.29, 0.717) is 16.0 Å². The highest BCUT2D eigenvalue weighted by atomic mass is 35.5. The van der Waals surface area contributed by atoms with Crippen molar-refractivity contribution in [1.82, 2.24) is 4.98 Å². The van der Waals surface area contributed by atoms with Crippen LogP contribution in [0.5, 0.6) is 0 Å². The van der Waals surface area contributed by atoms with Gasteiger partial charge in [0.05, 0.1) is 23.2 Å². The number of fused-ring (bicyclic) bond motifs is 1. The van der Waals surface area contributed by atoms with Crippen molar-refractivity contribution in [2.45, 2.75) is 16.7 Å². The summed E-state index contributed by atoms with van der Waals surface area (Å²) in [4.78, 5) is 15.5. The summed E-state index contributed by atoms with van der Waals surface area (Å²) in [7, 11) is 1.19. The molecule has 0 fully saturated rings. The van der Waals surface area contributed by atoms with Crippen molar-refractivity contribution in [2.75, 3.05) is 7.11 Å². The van der Waals surface area contributed by atoms with Gasteiger partial charge in [-0.25, -0.2) is 13.6 Å². The highest BCUT2D eigenvalue weighted by Crippen LogP contribution is 2.39. The van der Waals surface area contributed by atoms with E-state index in [2.05, 4.69) is 9.72 Å². The second-order valence-electron chi connectivity index (χ2n) is 5.07. The summed E-state index contributed by atoms with van der Waals surface area (Å²) in [6.07, 6.45) is 0. The van der Waals surface area contributed by atoms with Gasteiger partial charge in [-0.2, -0.15) is 0 Å². The van der Waals surface area contributed by atoms with Gasteiger partial charge in [-0.3, -0.25) is 0 Å². The lowest BCUT2D eigenvalue weighted by molar-refractivity contribution is 0.0595. The smallest absolute Gasteiger partial charge is 0.340 e. The van der Waals surface area contributed by atoms with Gasteiger partial charge < -0.3 is 9.72 Å². The van der Waals surface area contributed by atoms with Crippen molar-refractivity contribution >= 4 is 40.2 Å². The van der Waals surface area contributed by atoms with E-state index in [1.54, 1.807) is 25.1 Å². The van der Waals surface area contributed by atoms with Crippen molar-refractivity contribution in [1.29, 1.82) is 0 Å². The molecule has 0 unspecified atom stereocenters. The molecule has 3 nitrogen and oxygen atoms in total. The van der Waals surface area contributed by atoms with Crippen molar-refractivity contribution in [3.63, 3.8) is 0 Å². The quantitative estimate of drug-likeness (QED) is 0.635. The molecule has 0 aliphatic heterocycles. The molecule has 24 heavy (non-hydrogen) atoms. The average molecular weight is 368 g/mol. The Balaban J connectivity index is 2.10. The molecule has 0 atom stereocenters. The van der Waals surface area contributed by atoms with Gasteiger partial charge in [0.15, 0.2) is 11.6 Å². The Kier molecular flexibility index (Phi) is 4.51. The lowest BCUT2D eigenvalue weighted by Gasteiger charge is -2.07. The first kappa shape index (κ1) is 16.8. The molecule has 2 aromatic carbocycles. The van der Waals surface area contributed by atoms with Crippen LogP contribution >= 0.6 is 23.4 Å². The summed E-state index contributed by atoms with van der Waals surface area (Å²) >= 11 is 6.90. The van der Waals surface area contributed by atoms with E-state index in [0.717, 1.165) is 11.8 Å². The number of aromatic nitrogens is 1. The summed E-state index contributed by atoms with van der Waals surface area (Å²) in [6.45, 7) is 1.76. The predicted octanol–water partition coefficient (Wildman–Crippen LogP) is 5.35. The minimum Gasteiger partial charge on any atom is -0.465 e. The molecule has 0 spiro atoms. The summed E-state index contributed by atoms with van der Waals surface area (Å²) < 4.78 is 33.2. The van der Waals surface area contributed by atoms with Crippen LogP contribution in [-0.4, -0.2) is 18.1 Å². The number of aryl methyl sites for hydroxylation is 1. The molecule has 124 valence electrons. The fourth-order valence-electron chi connectivity index (χ4n) is 2.41.